The van der Waals surface area contributed by atoms with E-state index >= 15 is 0 Å². The quantitative estimate of drug-likeness (QED) is 0.268. The summed E-state index contributed by atoms with van der Waals surface area (Å²) in [6.45, 7) is 16.7. The molecule has 0 radical (unpaired) electrons. The molecule has 0 spiro atoms. The Hall–Kier alpha value is -3.23. The van der Waals surface area contributed by atoms with E-state index in [1.165, 1.54) is 18.5 Å². The monoisotopic (exact) mass is 676 g/mol. The van der Waals surface area contributed by atoms with Gasteiger partial charge in [-0.2, -0.15) is 0 Å². The number of ether oxygens (including phenoxy) is 1. The normalized spacial score (nSPS) is 36.7. The van der Waals surface area contributed by atoms with E-state index in [9.17, 15) is 29.1 Å². The number of hydrogen-bond acceptors (Lipinski definition) is 6. The molecule has 1 aromatic rings. The summed E-state index contributed by atoms with van der Waals surface area (Å²) in [4.78, 5) is 67.6. The van der Waals surface area contributed by atoms with E-state index in [4.69, 9.17) is 4.74 Å². The predicted octanol–water partition coefficient (Wildman–Crippen LogP) is 6.86. The molecule has 4 fully saturated rings. The number of H-pyrrole nitrogens is 1. The zero-order valence-corrected chi connectivity index (χ0v) is 30.7. The first-order valence-corrected chi connectivity index (χ1v) is 18.5. The van der Waals surface area contributed by atoms with Crippen LogP contribution >= 0.6 is 0 Å². The summed E-state index contributed by atoms with van der Waals surface area (Å²) >= 11 is 0. The second-order valence-corrected chi connectivity index (χ2v) is 18.2. The number of allylic oxidation sites excluding steroid dienone is 1. The highest BCUT2D eigenvalue weighted by Crippen LogP contribution is 2.72. The summed E-state index contributed by atoms with van der Waals surface area (Å²) in [5, 5.41) is 12.8. The number of aromatic amines is 1. The Labute approximate surface area is 290 Å². The SMILES string of the molecule is CC(C)C1=C2C3CCC4C(C)(CCC5C(C)(C)C(OC(=O)CC(C)(C)C(=O)O)CCC54C)C3CCC2(NC(=O)c2c[nH]ccc2=O)CC1=O. The lowest BCUT2D eigenvalue weighted by Gasteiger charge is -2.68. The van der Waals surface area contributed by atoms with Crippen LogP contribution < -0.4 is 10.7 Å². The fourth-order valence-corrected chi connectivity index (χ4v) is 12.1. The Morgan fingerprint density at radius 1 is 0.980 bits per heavy atom. The summed E-state index contributed by atoms with van der Waals surface area (Å²) in [7, 11) is 0. The molecule has 1 heterocycles. The molecule has 1 amide bonds. The minimum Gasteiger partial charge on any atom is -0.481 e. The molecule has 9 heteroatoms. The van der Waals surface area contributed by atoms with Gasteiger partial charge in [-0.05, 0) is 117 Å². The van der Waals surface area contributed by atoms with Crippen LogP contribution in [0.2, 0.25) is 0 Å². The van der Waals surface area contributed by atoms with Crippen LogP contribution in [0.4, 0.5) is 0 Å². The molecule has 0 aromatic carbocycles. The van der Waals surface area contributed by atoms with Gasteiger partial charge in [-0.1, -0.05) is 41.5 Å². The number of amides is 1. The largest absolute Gasteiger partial charge is 0.481 e. The Kier molecular flexibility index (Phi) is 8.67. The van der Waals surface area contributed by atoms with Crippen LogP contribution in [0.5, 0.6) is 0 Å². The summed E-state index contributed by atoms with van der Waals surface area (Å²) in [5.74, 6) is -0.327. The molecule has 0 bridgehead atoms. The third-order valence-electron chi connectivity index (χ3n) is 14.4. The van der Waals surface area contributed by atoms with Crippen molar-refractivity contribution < 1.29 is 29.0 Å². The molecule has 0 aliphatic heterocycles. The van der Waals surface area contributed by atoms with Crippen molar-refractivity contribution in [3.8, 4) is 0 Å². The van der Waals surface area contributed by atoms with Crippen molar-refractivity contribution in [1.82, 2.24) is 10.3 Å². The number of carbonyl (C=O) groups excluding carboxylic acids is 3. The van der Waals surface area contributed by atoms with Crippen LogP contribution in [-0.2, 0) is 19.1 Å². The van der Waals surface area contributed by atoms with E-state index in [0.29, 0.717) is 24.2 Å². The van der Waals surface area contributed by atoms with Gasteiger partial charge in [-0.25, -0.2) is 0 Å². The van der Waals surface area contributed by atoms with Gasteiger partial charge in [0.05, 0.1) is 17.4 Å². The maximum absolute atomic E-state index is 13.8. The third-order valence-corrected chi connectivity index (χ3v) is 14.4. The van der Waals surface area contributed by atoms with Crippen molar-refractivity contribution in [1.29, 1.82) is 0 Å². The molecule has 9 nitrogen and oxygen atoms in total. The first-order valence-electron chi connectivity index (χ1n) is 18.5. The number of pyridine rings is 1. The molecule has 1 aromatic heterocycles. The number of carboxylic acids is 1. The number of aromatic nitrogens is 1. The van der Waals surface area contributed by atoms with Crippen molar-refractivity contribution in [3.63, 3.8) is 0 Å². The van der Waals surface area contributed by atoms with Crippen molar-refractivity contribution in [3.05, 3.63) is 45.4 Å². The zero-order valence-electron chi connectivity index (χ0n) is 30.7. The van der Waals surface area contributed by atoms with Gasteiger partial charge in [-0.15, -0.1) is 0 Å². The van der Waals surface area contributed by atoms with E-state index in [1.807, 2.05) is 0 Å². The fourth-order valence-electron chi connectivity index (χ4n) is 12.1. The Morgan fingerprint density at radius 2 is 1.67 bits per heavy atom. The highest BCUT2D eigenvalue weighted by molar-refractivity contribution is 6.03. The highest BCUT2D eigenvalue weighted by Gasteiger charge is 2.67. The van der Waals surface area contributed by atoms with E-state index in [-0.39, 0.29) is 63.8 Å². The summed E-state index contributed by atoms with van der Waals surface area (Å²) in [6.07, 6.45) is 10.2. The van der Waals surface area contributed by atoms with Gasteiger partial charge in [0.2, 0.25) is 0 Å². The molecular weight excluding hydrogens is 620 g/mol. The van der Waals surface area contributed by atoms with E-state index in [0.717, 1.165) is 56.1 Å². The molecule has 8 unspecified atom stereocenters. The second kappa shape index (κ2) is 11.9. The first kappa shape index (κ1) is 35.6. The van der Waals surface area contributed by atoms with Crippen LogP contribution in [0, 0.1) is 51.2 Å². The Balaban J connectivity index is 1.28. The van der Waals surface area contributed by atoms with Crippen LogP contribution in [-0.4, -0.2) is 45.4 Å². The number of Topliss-reactive ketones (excluding diaryl/α,β-unsaturated/α-hetero) is 1. The first-order chi connectivity index (χ1) is 22.8. The van der Waals surface area contributed by atoms with Crippen LogP contribution in [0.15, 0.2) is 34.4 Å². The average molecular weight is 677 g/mol. The van der Waals surface area contributed by atoms with Gasteiger partial charge in [0, 0.05) is 30.3 Å². The lowest BCUT2D eigenvalue weighted by molar-refractivity contribution is -0.213. The van der Waals surface area contributed by atoms with Gasteiger partial charge in [0.15, 0.2) is 11.2 Å². The number of esters is 1. The number of carboxylic acid groups (broad SMARTS) is 1. The van der Waals surface area contributed by atoms with Crippen molar-refractivity contribution >= 4 is 23.6 Å². The highest BCUT2D eigenvalue weighted by atomic mass is 16.5. The number of hydrogen-bond donors (Lipinski definition) is 3. The molecule has 5 aliphatic carbocycles. The van der Waals surface area contributed by atoms with Gasteiger partial charge >= 0.3 is 11.9 Å². The molecule has 4 saturated carbocycles. The zero-order chi connectivity index (χ0) is 35.9. The van der Waals surface area contributed by atoms with Crippen LogP contribution in [0.25, 0.3) is 0 Å². The third kappa shape index (κ3) is 5.52. The molecule has 268 valence electrons. The van der Waals surface area contributed by atoms with Crippen LogP contribution in [0.3, 0.4) is 0 Å². The molecule has 0 saturated heterocycles. The topological polar surface area (TPSA) is 143 Å². The minimum atomic E-state index is -1.18. The van der Waals surface area contributed by atoms with E-state index < -0.39 is 28.8 Å². The number of ketones is 1. The maximum Gasteiger partial charge on any atom is 0.309 e. The number of aliphatic carboxylic acids is 1. The Bertz CT molecular complexity index is 1650. The molecule has 5 aliphatic rings. The number of nitrogens with one attached hydrogen (secondary N) is 2. The van der Waals surface area contributed by atoms with Gasteiger partial charge in [0.1, 0.15) is 11.7 Å². The van der Waals surface area contributed by atoms with E-state index in [1.54, 1.807) is 13.8 Å². The minimum absolute atomic E-state index is 0.0406. The molecule has 3 N–H and O–H groups in total. The van der Waals surface area contributed by atoms with Crippen molar-refractivity contribution in [2.75, 3.05) is 0 Å². The number of fused-ring (bicyclic) bond motifs is 7. The molecule has 6 rings (SSSR count). The lowest BCUT2D eigenvalue weighted by Crippen LogP contribution is -2.64. The summed E-state index contributed by atoms with van der Waals surface area (Å²) < 4.78 is 6.11. The van der Waals surface area contributed by atoms with Gasteiger partial charge in [0.25, 0.3) is 5.91 Å². The van der Waals surface area contributed by atoms with Gasteiger partial charge < -0.3 is 20.1 Å². The predicted molar refractivity (Wildman–Crippen MR) is 186 cm³/mol. The van der Waals surface area contributed by atoms with Crippen molar-refractivity contribution in [2.45, 2.75) is 131 Å². The van der Waals surface area contributed by atoms with E-state index in [2.05, 4.69) is 51.8 Å². The number of carbonyl (C=O) groups is 4. The number of rotatable bonds is 7. The average Bonchev–Trinajstić information content (AvgIpc) is 3.30. The maximum atomic E-state index is 13.8. The van der Waals surface area contributed by atoms with Crippen LogP contribution in [0.1, 0.15) is 130 Å². The molecular formula is C40H56N2O7. The smallest absolute Gasteiger partial charge is 0.309 e. The molecule has 49 heavy (non-hydrogen) atoms. The second-order valence-electron chi connectivity index (χ2n) is 18.2. The van der Waals surface area contributed by atoms with Gasteiger partial charge in [-0.3, -0.25) is 24.0 Å². The lowest BCUT2D eigenvalue weighted by atomic mass is 9.37. The fraction of sp³-hybridized carbons (Fsp3) is 0.725. The standard InChI is InChI=1S/C40H56N2O7/c1-22(2)32-27(44)19-40(42-34(46)24-21-41-18-14-26(24)43)17-11-25-23(33(32)40)9-10-29-38(25,7)15-12-28-37(5,6)30(13-16-39(28,29)8)49-31(45)20-36(3,4)35(47)48/h14,18,21-23,25,28-30H,9-13,15-17,19-20H2,1-8H3,(H,41,43)(H,42,46)(H,47,48). The summed E-state index contributed by atoms with van der Waals surface area (Å²) in [6, 6.07) is 1.36. The summed E-state index contributed by atoms with van der Waals surface area (Å²) in [5.41, 5.74) is -0.360. The van der Waals surface area contributed by atoms with Crippen molar-refractivity contribution in [2.24, 2.45) is 51.2 Å². The Morgan fingerprint density at radius 3 is 2.33 bits per heavy atom. The molecule has 8 atom stereocenters.